The molecule has 0 bridgehead atoms. The van der Waals surface area contributed by atoms with Crippen molar-refractivity contribution in [3.05, 3.63) is 95.1 Å². The molecule has 3 aromatic carbocycles. The maximum Gasteiger partial charge on any atom is 0.247 e. The number of nitrogens with one attached hydrogen (secondary N) is 2. The highest BCUT2D eigenvalue weighted by molar-refractivity contribution is 6.00. The first kappa shape index (κ1) is 28.5. The number of carbonyl (C=O) groups is 4. The Kier molecular flexibility index (Phi) is 9.29. The molecule has 1 aliphatic heterocycles. The van der Waals surface area contributed by atoms with E-state index in [-0.39, 0.29) is 61.9 Å². The second-order valence-corrected chi connectivity index (χ2v) is 9.90. The highest BCUT2D eigenvalue weighted by atomic mass is 16.3. The van der Waals surface area contributed by atoms with Crippen LogP contribution in [0, 0.1) is 6.92 Å². The van der Waals surface area contributed by atoms with Gasteiger partial charge in [0, 0.05) is 31.4 Å². The minimum Gasteiger partial charge on any atom is -0.505 e. The Morgan fingerprint density at radius 3 is 2.38 bits per heavy atom. The maximum atomic E-state index is 13.6. The molecule has 0 radical (unpaired) electrons. The van der Waals surface area contributed by atoms with Crippen molar-refractivity contribution in [1.29, 1.82) is 0 Å². The normalized spacial score (nSPS) is 15.1. The number of ketones is 1. The third-order valence-electron chi connectivity index (χ3n) is 7.12. The summed E-state index contributed by atoms with van der Waals surface area (Å²) in [4.78, 5) is 54.2. The van der Waals surface area contributed by atoms with Crippen molar-refractivity contribution >= 4 is 29.2 Å². The van der Waals surface area contributed by atoms with Gasteiger partial charge in [0.1, 0.15) is 17.8 Å². The molecule has 9 heteroatoms. The zero-order valence-electron chi connectivity index (χ0n) is 22.4. The molecule has 1 aliphatic rings. The Balaban J connectivity index is 1.50. The van der Waals surface area contributed by atoms with Crippen LogP contribution in [0.1, 0.15) is 46.3 Å². The van der Waals surface area contributed by atoms with Gasteiger partial charge in [-0.2, -0.15) is 0 Å². The summed E-state index contributed by atoms with van der Waals surface area (Å²) < 4.78 is 0. The third-order valence-corrected chi connectivity index (χ3v) is 7.12. The smallest absolute Gasteiger partial charge is 0.247 e. The van der Waals surface area contributed by atoms with Crippen LogP contribution in [0.3, 0.4) is 0 Å². The summed E-state index contributed by atoms with van der Waals surface area (Å²) in [6.07, 6.45) is 0.412. The Bertz CT molecular complexity index is 1390. The topological polar surface area (TPSA) is 142 Å². The predicted octanol–water partition coefficient (Wildman–Crippen LogP) is 3.09. The number of para-hydroxylation sites is 1. The number of fused-ring (bicyclic) bond motifs is 1. The zero-order valence-corrected chi connectivity index (χ0v) is 22.4. The Hall–Kier alpha value is -4.50. The van der Waals surface area contributed by atoms with Gasteiger partial charge in [0.05, 0.1) is 5.69 Å². The molecular formula is C31H34N4O5. The van der Waals surface area contributed by atoms with E-state index in [9.17, 15) is 24.3 Å². The standard InChI is InChI=1S/C31H34N4O5/c1-20-8-7-13-24(29(20)38)33-30(39)25(16-17-32)34-31(40)26-18-22-11-5-6-12-23(22)19-35(26)28(37)15-14-27(36)21-9-3-2-4-10-21/h2-13,25-26,38H,14-19,32H2,1H3,(H,33,39)(H,34,40)/t25-,26-/m0/s1. The molecule has 208 valence electrons. The van der Waals surface area contributed by atoms with Gasteiger partial charge in [-0.25, -0.2) is 0 Å². The second-order valence-electron chi connectivity index (χ2n) is 9.90. The molecule has 0 saturated heterocycles. The summed E-state index contributed by atoms with van der Waals surface area (Å²) in [5, 5.41) is 15.7. The molecule has 2 atom stereocenters. The number of benzene rings is 3. The summed E-state index contributed by atoms with van der Waals surface area (Å²) in [6.45, 7) is 2.07. The van der Waals surface area contributed by atoms with Crippen LogP contribution in [0.2, 0.25) is 0 Å². The molecule has 0 fully saturated rings. The highest BCUT2D eigenvalue weighted by Gasteiger charge is 2.36. The number of nitrogens with zero attached hydrogens (tertiary/aromatic N) is 1. The lowest BCUT2D eigenvalue weighted by Crippen LogP contribution is -2.56. The minimum absolute atomic E-state index is 0.0214. The predicted molar refractivity (Wildman–Crippen MR) is 152 cm³/mol. The Morgan fingerprint density at radius 2 is 1.65 bits per heavy atom. The number of hydrogen-bond acceptors (Lipinski definition) is 6. The number of aromatic hydroxyl groups is 1. The van der Waals surface area contributed by atoms with Crippen molar-refractivity contribution in [2.45, 2.75) is 51.2 Å². The van der Waals surface area contributed by atoms with Crippen molar-refractivity contribution in [2.75, 3.05) is 11.9 Å². The third kappa shape index (κ3) is 6.73. The van der Waals surface area contributed by atoms with Gasteiger partial charge in [0.15, 0.2) is 5.78 Å². The van der Waals surface area contributed by atoms with E-state index in [0.29, 0.717) is 11.1 Å². The summed E-state index contributed by atoms with van der Waals surface area (Å²) >= 11 is 0. The van der Waals surface area contributed by atoms with Gasteiger partial charge in [-0.1, -0.05) is 66.7 Å². The Labute approximate surface area is 233 Å². The van der Waals surface area contributed by atoms with E-state index < -0.39 is 23.9 Å². The number of phenolic OH excluding ortho intramolecular Hbond substituents is 1. The van der Waals surface area contributed by atoms with Gasteiger partial charge in [0.25, 0.3) is 0 Å². The maximum absolute atomic E-state index is 13.6. The summed E-state index contributed by atoms with van der Waals surface area (Å²) in [5.74, 6) is -1.53. The molecular weight excluding hydrogens is 508 g/mol. The van der Waals surface area contributed by atoms with Crippen molar-refractivity contribution in [2.24, 2.45) is 5.73 Å². The highest BCUT2D eigenvalue weighted by Crippen LogP contribution is 2.27. The molecule has 0 saturated carbocycles. The Morgan fingerprint density at radius 1 is 0.950 bits per heavy atom. The lowest BCUT2D eigenvalue weighted by Gasteiger charge is -2.36. The molecule has 0 unspecified atom stereocenters. The van der Waals surface area contributed by atoms with E-state index in [1.54, 1.807) is 49.4 Å². The lowest BCUT2D eigenvalue weighted by molar-refractivity contribution is -0.142. The van der Waals surface area contributed by atoms with E-state index in [4.69, 9.17) is 5.73 Å². The van der Waals surface area contributed by atoms with Crippen LogP contribution in [0.5, 0.6) is 5.75 Å². The number of Topliss-reactive ketones (excluding diaryl/α,β-unsaturated/α-hetero) is 1. The molecule has 5 N–H and O–H groups in total. The van der Waals surface area contributed by atoms with Crippen molar-refractivity contribution in [3.63, 3.8) is 0 Å². The monoisotopic (exact) mass is 542 g/mol. The van der Waals surface area contributed by atoms with E-state index in [1.807, 2.05) is 30.3 Å². The number of rotatable bonds is 10. The van der Waals surface area contributed by atoms with Crippen LogP contribution in [-0.4, -0.2) is 52.1 Å². The van der Waals surface area contributed by atoms with Gasteiger partial charge in [-0.15, -0.1) is 0 Å². The lowest BCUT2D eigenvalue weighted by atomic mass is 9.92. The summed E-state index contributed by atoms with van der Waals surface area (Å²) in [5.41, 5.74) is 8.97. The molecule has 1 heterocycles. The second kappa shape index (κ2) is 13.0. The first-order valence-corrected chi connectivity index (χ1v) is 13.3. The zero-order chi connectivity index (χ0) is 28.6. The molecule has 3 amide bonds. The average molecular weight is 543 g/mol. The van der Waals surface area contributed by atoms with Gasteiger partial charge in [-0.3, -0.25) is 19.2 Å². The van der Waals surface area contributed by atoms with Gasteiger partial charge >= 0.3 is 0 Å². The number of amides is 3. The number of nitrogens with two attached hydrogens (primary N) is 1. The van der Waals surface area contributed by atoms with Gasteiger partial charge < -0.3 is 26.4 Å². The summed E-state index contributed by atoms with van der Waals surface area (Å²) in [6, 6.07) is 19.5. The molecule has 4 rings (SSSR count). The number of carbonyl (C=O) groups excluding carboxylic acids is 4. The SMILES string of the molecule is Cc1cccc(NC(=O)[C@H](CCN)NC(=O)[C@@H]2Cc3ccccc3CN2C(=O)CCC(=O)c2ccccc2)c1O. The molecule has 0 aliphatic carbocycles. The fourth-order valence-corrected chi connectivity index (χ4v) is 4.83. The van der Waals surface area contributed by atoms with Crippen LogP contribution in [0.25, 0.3) is 0 Å². The molecule has 40 heavy (non-hydrogen) atoms. The van der Waals surface area contributed by atoms with Crippen LogP contribution in [0.4, 0.5) is 5.69 Å². The van der Waals surface area contributed by atoms with E-state index in [2.05, 4.69) is 10.6 Å². The van der Waals surface area contributed by atoms with Crippen molar-refractivity contribution in [3.8, 4) is 5.75 Å². The summed E-state index contributed by atoms with van der Waals surface area (Å²) in [7, 11) is 0. The molecule has 0 aromatic heterocycles. The average Bonchev–Trinajstić information content (AvgIpc) is 2.97. The van der Waals surface area contributed by atoms with Crippen molar-refractivity contribution in [1.82, 2.24) is 10.2 Å². The fourth-order valence-electron chi connectivity index (χ4n) is 4.83. The molecule has 0 spiro atoms. The van der Waals surface area contributed by atoms with Crippen LogP contribution in [0.15, 0.2) is 72.8 Å². The number of anilines is 1. The van der Waals surface area contributed by atoms with Crippen LogP contribution >= 0.6 is 0 Å². The van der Waals surface area contributed by atoms with E-state index in [0.717, 1.165) is 11.1 Å². The fraction of sp³-hybridized carbons (Fsp3) is 0.290. The largest absolute Gasteiger partial charge is 0.505 e. The molecule has 9 nitrogen and oxygen atoms in total. The number of phenols is 1. The van der Waals surface area contributed by atoms with Gasteiger partial charge in [0.2, 0.25) is 17.7 Å². The number of aryl methyl sites for hydroxylation is 1. The van der Waals surface area contributed by atoms with Crippen LogP contribution < -0.4 is 16.4 Å². The van der Waals surface area contributed by atoms with Crippen LogP contribution in [-0.2, 0) is 27.3 Å². The van der Waals surface area contributed by atoms with Gasteiger partial charge in [-0.05, 0) is 42.6 Å². The number of hydrogen-bond donors (Lipinski definition) is 4. The first-order chi connectivity index (χ1) is 19.3. The quantitative estimate of drug-likeness (QED) is 0.229. The van der Waals surface area contributed by atoms with E-state index in [1.165, 1.54) is 4.90 Å². The molecule has 3 aromatic rings. The van der Waals surface area contributed by atoms with E-state index >= 15 is 0 Å². The minimum atomic E-state index is -0.980. The first-order valence-electron chi connectivity index (χ1n) is 13.3. The van der Waals surface area contributed by atoms with Crippen molar-refractivity contribution < 1.29 is 24.3 Å².